The fourth-order valence-corrected chi connectivity index (χ4v) is 5.72. The van der Waals surface area contributed by atoms with Gasteiger partial charge in [-0.1, -0.05) is 0 Å². The van der Waals surface area contributed by atoms with Crippen LogP contribution in [-0.4, -0.2) is 30.8 Å². The summed E-state index contributed by atoms with van der Waals surface area (Å²) in [5, 5.41) is 10.9. The molecule has 0 aliphatic heterocycles. The molecule has 0 bridgehead atoms. The minimum atomic E-state index is -3.69. The van der Waals surface area contributed by atoms with Crippen molar-refractivity contribution >= 4 is 54.6 Å². The van der Waals surface area contributed by atoms with Crippen LogP contribution < -0.4 is 0 Å². The average molecular weight is 410 g/mol. The molecule has 9 heteroatoms. The molecule has 0 fully saturated rings. The summed E-state index contributed by atoms with van der Waals surface area (Å²) in [6.07, 6.45) is 0. The second kappa shape index (κ2) is 6.17. The molecule has 0 amide bonds. The zero-order valence-electron chi connectivity index (χ0n) is 11.2. The van der Waals surface area contributed by atoms with Gasteiger partial charge in [0.2, 0.25) is 0 Å². The Morgan fingerprint density at radius 3 is 2.57 bits per heavy atom. The minimum Gasteiger partial charge on any atom is -0.478 e. The van der Waals surface area contributed by atoms with Crippen molar-refractivity contribution in [3.05, 3.63) is 37.3 Å². The molecule has 2 heterocycles. The topological polar surface area (TPSA) is 74.7 Å². The number of carboxylic acid groups (broad SMARTS) is 1. The van der Waals surface area contributed by atoms with Crippen LogP contribution in [0.1, 0.15) is 20.8 Å². The van der Waals surface area contributed by atoms with E-state index in [4.69, 9.17) is 5.11 Å². The smallest absolute Gasteiger partial charge is 0.336 e. The first-order chi connectivity index (χ1) is 9.71. The number of hydrogen-bond acceptors (Lipinski definition) is 5. The van der Waals surface area contributed by atoms with Gasteiger partial charge in [-0.3, -0.25) is 0 Å². The first-order valence-corrected chi connectivity index (χ1v) is 9.67. The Labute approximate surface area is 139 Å². The van der Waals surface area contributed by atoms with E-state index in [1.54, 1.807) is 6.92 Å². The van der Waals surface area contributed by atoms with Crippen LogP contribution in [0.25, 0.3) is 0 Å². The van der Waals surface area contributed by atoms with Gasteiger partial charge >= 0.3 is 5.97 Å². The van der Waals surface area contributed by atoms with E-state index >= 15 is 0 Å². The zero-order valence-corrected chi connectivity index (χ0v) is 15.2. The van der Waals surface area contributed by atoms with Crippen molar-refractivity contribution in [3.8, 4) is 0 Å². The van der Waals surface area contributed by atoms with Crippen molar-refractivity contribution in [1.29, 1.82) is 0 Å². The van der Waals surface area contributed by atoms with Gasteiger partial charge in [0.05, 0.1) is 9.35 Å². The van der Waals surface area contributed by atoms with Crippen molar-refractivity contribution in [1.82, 2.24) is 4.31 Å². The largest absolute Gasteiger partial charge is 0.478 e. The molecular weight excluding hydrogens is 398 g/mol. The van der Waals surface area contributed by atoms with Gasteiger partial charge in [-0.2, -0.15) is 4.31 Å². The monoisotopic (exact) mass is 409 g/mol. The van der Waals surface area contributed by atoms with Crippen molar-refractivity contribution < 1.29 is 18.3 Å². The Morgan fingerprint density at radius 2 is 2.10 bits per heavy atom. The predicted molar refractivity (Wildman–Crippen MR) is 86.7 cm³/mol. The number of aromatic carboxylic acids is 1. The van der Waals surface area contributed by atoms with Crippen LogP contribution in [0.15, 0.2) is 25.5 Å². The fraction of sp³-hybridized carbons (Fsp3) is 0.250. The number of rotatable bonds is 5. The Bertz CT molecular complexity index is 778. The van der Waals surface area contributed by atoms with E-state index in [0.29, 0.717) is 4.88 Å². The van der Waals surface area contributed by atoms with Crippen LogP contribution in [-0.2, 0) is 16.6 Å². The summed E-state index contributed by atoms with van der Waals surface area (Å²) in [7, 11) is -2.20. The fourth-order valence-electron chi connectivity index (χ4n) is 1.72. The van der Waals surface area contributed by atoms with Crippen LogP contribution >= 0.6 is 38.6 Å². The zero-order chi connectivity index (χ0) is 15.8. The lowest BCUT2D eigenvalue weighted by atomic mass is 10.3. The molecule has 1 N–H and O–H groups in total. The molecule has 0 saturated carbocycles. The third-order valence-corrected chi connectivity index (χ3v) is 7.67. The van der Waals surface area contributed by atoms with E-state index in [2.05, 4.69) is 15.9 Å². The van der Waals surface area contributed by atoms with Gasteiger partial charge in [0.1, 0.15) is 4.21 Å². The Balaban J connectivity index is 2.28. The van der Waals surface area contributed by atoms with Gasteiger partial charge in [-0.05, 0) is 45.9 Å². The van der Waals surface area contributed by atoms with Crippen LogP contribution in [0.3, 0.4) is 0 Å². The Hall–Kier alpha value is -0.740. The summed E-state index contributed by atoms with van der Waals surface area (Å²) in [6, 6.07) is 3.08. The van der Waals surface area contributed by atoms with Crippen LogP contribution in [0.5, 0.6) is 0 Å². The van der Waals surface area contributed by atoms with E-state index < -0.39 is 16.0 Å². The lowest BCUT2D eigenvalue weighted by Gasteiger charge is -2.15. The molecule has 0 radical (unpaired) electrons. The van der Waals surface area contributed by atoms with Crippen molar-refractivity contribution in [3.63, 3.8) is 0 Å². The third kappa shape index (κ3) is 3.54. The van der Waals surface area contributed by atoms with E-state index in [1.165, 1.54) is 28.8 Å². The standard InChI is InChI=1S/C12H12BrNO4S3/c1-7-9(12(15)16)4-11(20-7)21(17,18)14(2)5-8-3-10(13)19-6-8/h3-4,6H,5H2,1-2H3,(H,15,16). The van der Waals surface area contributed by atoms with Crippen LogP contribution in [0.2, 0.25) is 0 Å². The molecular formula is C12H12BrNO4S3. The van der Waals surface area contributed by atoms with Gasteiger partial charge < -0.3 is 5.11 Å². The number of aryl methyl sites for hydroxylation is 1. The summed E-state index contributed by atoms with van der Waals surface area (Å²) in [5.41, 5.74) is 0.912. The SMILES string of the molecule is Cc1sc(S(=O)(=O)N(C)Cc2csc(Br)c2)cc1C(=O)O. The predicted octanol–water partition coefficient (Wildman–Crippen LogP) is 3.40. The highest BCUT2D eigenvalue weighted by Gasteiger charge is 2.26. The first-order valence-electron chi connectivity index (χ1n) is 5.75. The van der Waals surface area contributed by atoms with E-state index in [-0.39, 0.29) is 16.3 Å². The number of carboxylic acids is 1. The number of carbonyl (C=O) groups is 1. The molecule has 0 saturated heterocycles. The minimum absolute atomic E-state index is 0.0326. The Morgan fingerprint density at radius 1 is 1.43 bits per heavy atom. The van der Waals surface area contributed by atoms with Crippen molar-refractivity contribution in [2.75, 3.05) is 7.05 Å². The number of sulfonamides is 1. The second-order valence-electron chi connectivity index (χ2n) is 4.36. The molecule has 2 rings (SSSR count). The number of hydrogen-bond donors (Lipinski definition) is 1. The quantitative estimate of drug-likeness (QED) is 0.820. The maximum absolute atomic E-state index is 12.5. The van der Waals surface area contributed by atoms with Crippen LogP contribution in [0.4, 0.5) is 0 Å². The highest BCUT2D eigenvalue weighted by molar-refractivity contribution is 9.11. The molecule has 5 nitrogen and oxygen atoms in total. The van der Waals surface area contributed by atoms with Crippen molar-refractivity contribution in [2.45, 2.75) is 17.7 Å². The molecule has 0 aromatic carbocycles. The summed E-state index contributed by atoms with van der Waals surface area (Å²) in [6.45, 7) is 1.84. The maximum Gasteiger partial charge on any atom is 0.336 e. The van der Waals surface area contributed by atoms with Crippen molar-refractivity contribution in [2.24, 2.45) is 0 Å². The van der Waals surface area contributed by atoms with E-state index in [1.807, 2.05) is 11.4 Å². The number of halogens is 1. The molecule has 0 aliphatic rings. The van der Waals surface area contributed by atoms with Gasteiger partial charge in [0.25, 0.3) is 10.0 Å². The highest BCUT2D eigenvalue weighted by atomic mass is 79.9. The lowest BCUT2D eigenvalue weighted by molar-refractivity contribution is 0.0696. The van der Waals surface area contributed by atoms with Crippen LogP contribution in [0, 0.1) is 6.92 Å². The van der Waals surface area contributed by atoms with Gasteiger partial charge in [-0.25, -0.2) is 13.2 Å². The summed E-state index contributed by atoms with van der Waals surface area (Å²) >= 11 is 5.79. The summed E-state index contributed by atoms with van der Waals surface area (Å²) in [5.74, 6) is -1.12. The highest BCUT2D eigenvalue weighted by Crippen LogP contribution is 2.29. The molecule has 2 aromatic rings. The molecule has 0 unspecified atom stereocenters. The van der Waals surface area contributed by atoms with E-state index in [0.717, 1.165) is 20.7 Å². The molecule has 0 aliphatic carbocycles. The molecule has 0 atom stereocenters. The van der Waals surface area contributed by atoms with Gasteiger partial charge in [0, 0.05) is 18.5 Å². The molecule has 2 aromatic heterocycles. The molecule has 21 heavy (non-hydrogen) atoms. The third-order valence-electron chi connectivity index (χ3n) is 2.82. The van der Waals surface area contributed by atoms with Gasteiger partial charge in [-0.15, -0.1) is 22.7 Å². The maximum atomic E-state index is 12.5. The van der Waals surface area contributed by atoms with E-state index in [9.17, 15) is 13.2 Å². The number of thiophene rings is 2. The summed E-state index contributed by atoms with van der Waals surface area (Å²) in [4.78, 5) is 11.5. The normalized spacial score (nSPS) is 12.0. The first kappa shape index (κ1) is 16.6. The molecule has 0 spiro atoms. The second-order valence-corrected chi connectivity index (χ2v) is 10.2. The molecule has 114 valence electrons. The average Bonchev–Trinajstić information content (AvgIpc) is 2.95. The Kier molecular flexibility index (Phi) is 4.89. The van der Waals surface area contributed by atoms with Gasteiger partial charge in [0.15, 0.2) is 0 Å². The lowest BCUT2D eigenvalue weighted by Crippen LogP contribution is -2.25. The number of nitrogens with zero attached hydrogens (tertiary/aromatic N) is 1. The summed E-state index contributed by atoms with van der Waals surface area (Å²) < 4.78 is 27.1.